The van der Waals surface area contributed by atoms with E-state index >= 15 is 0 Å². The van der Waals surface area contributed by atoms with E-state index < -0.39 is 0 Å². The third-order valence-corrected chi connectivity index (χ3v) is 5.45. The number of nitrogens with one attached hydrogen (secondary N) is 1. The van der Waals surface area contributed by atoms with Crippen LogP contribution < -0.4 is 4.90 Å². The third kappa shape index (κ3) is 3.34. The molecule has 0 fully saturated rings. The van der Waals surface area contributed by atoms with Crippen molar-refractivity contribution in [1.29, 1.82) is 0 Å². The van der Waals surface area contributed by atoms with Crippen molar-refractivity contribution < 1.29 is 18.9 Å². The van der Waals surface area contributed by atoms with Crippen molar-refractivity contribution in [2.45, 2.75) is 13.1 Å². The summed E-state index contributed by atoms with van der Waals surface area (Å²) in [4.78, 5) is 28.9. The van der Waals surface area contributed by atoms with E-state index in [2.05, 4.69) is 11.4 Å². The molecule has 132 valence electrons. The molecule has 1 aromatic carbocycles. The van der Waals surface area contributed by atoms with Crippen LogP contribution in [0.5, 0.6) is 0 Å². The second-order valence-corrected chi connectivity index (χ2v) is 7.35. The number of carbonyl (C=O) groups excluding carboxylic acids is 2. The Labute approximate surface area is 155 Å². The second kappa shape index (κ2) is 7.27. The van der Waals surface area contributed by atoms with Crippen LogP contribution in [0.15, 0.2) is 64.6 Å². The summed E-state index contributed by atoms with van der Waals surface area (Å²) in [6.07, 6.45) is 1.67. The van der Waals surface area contributed by atoms with Gasteiger partial charge in [0.15, 0.2) is 5.76 Å². The number of thiophene rings is 1. The second-order valence-electron chi connectivity index (χ2n) is 6.32. The van der Waals surface area contributed by atoms with Crippen LogP contribution in [0.2, 0.25) is 0 Å². The van der Waals surface area contributed by atoms with Gasteiger partial charge in [-0.25, -0.2) is 0 Å². The molecule has 3 aromatic rings. The molecule has 0 saturated carbocycles. The zero-order valence-electron chi connectivity index (χ0n) is 14.2. The predicted octanol–water partition coefficient (Wildman–Crippen LogP) is 2.22. The van der Waals surface area contributed by atoms with Gasteiger partial charge < -0.3 is 9.32 Å². The van der Waals surface area contributed by atoms with Crippen LogP contribution in [0.4, 0.5) is 0 Å². The molecular formula is C20H19N2O3S+. The Morgan fingerprint density at radius 2 is 1.69 bits per heavy atom. The molecule has 1 N–H and O–H groups in total. The first-order valence-corrected chi connectivity index (χ1v) is 9.44. The van der Waals surface area contributed by atoms with Gasteiger partial charge in [-0.2, -0.15) is 0 Å². The Balaban J connectivity index is 1.46. The van der Waals surface area contributed by atoms with E-state index in [4.69, 9.17) is 4.42 Å². The van der Waals surface area contributed by atoms with Crippen LogP contribution in [0.3, 0.4) is 0 Å². The quantitative estimate of drug-likeness (QED) is 0.652. The zero-order valence-corrected chi connectivity index (χ0v) is 15.0. The number of carbonyl (C=O) groups is 2. The fourth-order valence-corrected chi connectivity index (χ4v) is 4.05. The number of fused-ring (bicyclic) bond motifs is 1. The summed E-state index contributed by atoms with van der Waals surface area (Å²) in [5.74, 6) is 0.511. The smallest absolute Gasteiger partial charge is 0.261 e. The molecule has 4 rings (SSSR count). The van der Waals surface area contributed by atoms with Gasteiger partial charge in [0.05, 0.1) is 35.4 Å². The Hall–Kier alpha value is -2.70. The van der Waals surface area contributed by atoms with Crippen LogP contribution in [0, 0.1) is 0 Å². The van der Waals surface area contributed by atoms with Crippen LogP contribution in [0.25, 0.3) is 0 Å². The van der Waals surface area contributed by atoms with Crippen molar-refractivity contribution in [3.05, 3.63) is 81.9 Å². The molecule has 0 saturated heterocycles. The van der Waals surface area contributed by atoms with Crippen molar-refractivity contribution in [1.82, 2.24) is 4.90 Å². The first-order valence-electron chi connectivity index (χ1n) is 8.56. The number of hydrogen-bond donors (Lipinski definition) is 1. The number of nitrogens with zero attached hydrogens (tertiary/aromatic N) is 1. The lowest BCUT2D eigenvalue weighted by atomic mass is 10.1. The number of imide groups is 1. The maximum atomic E-state index is 12.5. The Kier molecular flexibility index (Phi) is 4.69. The fourth-order valence-electron chi connectivity index (χ4n) is 3.27. The Morgan fingerprint density at radius 3 is 2.31 bits per heavy atom. The van der Waals surface area contributed by atoms with Gasteiger partial charge in [0.25, 0.3) is 11.8 Å². The molecular weight excluding hydrogens is 348 g/mol. The molecule has 0 bridgehead atoms. The van der Waals surface area contributed by atoms with E-state index in [9.17, 15) is 9.59 Å². The third-order valence-electron chi connectivity index (χ3n) is 4.58. The van der Waals surface area contributed by atoms with Crippen LogP contribution in [0.1, 0.15) is 31.4 Å². The average molecular weight is 367 g/mol. The van der Waals surface area contributed by atoms with E-state index in [1.54, 1.807) is 41.9 Å². The molecule has 0 spiro atoms. The molecule has 1 unspecified atom stereocenters. The van der Waals surface area contributed by atoms with E-state index in [0.29, 0.717) is 30.8 Å². The van der Waals surface area contributed by atoms with Crippen molar-refractivity contribution in [3.63, 3.8) is 0 Å². The number of rotatable bonds is 7. The molecule has 6 heteroatoms. The van der Waals surface area contributed by atoms with Crippen molar-refractivity contribution >= 4 is 23.2 Å². The van der Waals surface area contributed by atoms with Crippen LogP contribution >= 0.6 is 11.3 Å². The molecule has 2 aromatic heterocycles. The van der Waals surface area contributed by atoms with Gasteiger partial charge in [-0.05, 0) is 35.7 Å². The highest BCUT2D eigenvalue weighted by atomic mass is 32.1. The number of hydrogen-bond acceptors (Lipinski definition) is 4. The number of quaternary nitrogens is 1. The van der Waals surface area contributed by atoms with E-state index in [-0.39, 0.29) is 11.8 Å². The van der Waals surface area contributed by atoms with Crippen LogP contribution in [-0.4, -0.2) is 29.8 Å². The molecule has 1 aliphatic heterocycles. The van der Waals surface area contributed by atoms with Crippen LogP contribution in [-0.2, 0) is 13.1 Å². The normalized spacial score (nSPS) is 14.7. The van der Waals surface area contributed by atoms with Crippen molar-refractivity contribution in [2.75, 3.05) is 13.1 Å². The Morgan fingerprint density at radius 1 is 0.923 bits per heavy atom. The standard InChI is InChI=1S/C20H18N2O3S/c23-19-17-7-1-2-8-18(17)20(24)22(19)10-9-21(13-15-5-3-11-25-15)14-16-6-4-12-26-16/h1-8,11-12H,9-10,13-14H2/p+1. The molecule has 1 aliphatic rings. The highest BCUT2D eigenvalue weighted by Crippen LogP contribution is 2.21. The van der Waals surface area contributed by atoms with Gasteiger partial charge in [0.2, 0.25) is 0 Å². The fraction of sp³-hybridized carbons (Fsp3) is 0.200. The topological polar surface area (TPSA) is 55.0 Å². The van der Waals surface area contributed by atoms with Gasteiger partial charge >= 0.3 is 0 Å². The average Bonchev–Trinajstić information content (AvgIpc) is 3.38. The van der Waals surface area contributed by atoms with Gasteiger partial charge in [0.1, 0.15) is 13.1 Å². The first-order chi connectivity index (χ1) is 12.7. The summed E-state index contributed by atoms with van der Waals surface area (Å²) in [6, 6.07) is 15.0. The SMILES string of the molecule is O=C1c2ccccc2C(=O)N1CC[NH+](Cc1ccco1)Cc1cccs1. The maximum absolute atomic E-state index is 12.5. The Bertz CT molecular complexity index is 832. The first kappa shape index (κ1) is 16.8. The predicted molar refractivity (Wildman–Crippen MR) is 98.1 cm³/mol. The van der Waals surface area contributed by atoms with Gasteiger partial charge in [-0.15, -0.1) is 11.3 Å². The van der Waals surface area contributed by atoms with E-state index in [0.717, 1.165) is 12.3 Å². The largest absolute Gasteiger partial charge is 0.463 e. The molecule has 1 atom stereocenters. The molecule has 0 radical (unpaired) electrons. The molecule has 26 heavy (non-hydrogen) atoms. The molecule has 5 nitrogen and oxygen atoms in total. The van der Waals surface area contributed by atoms with Gasteiger partial charge in [0, 0.05) is 0 Å². The number of amides is 2. The summed E-state index contributed by atoms with van der Waals surface area (Å²) >= 11 is 1.71. The summed E-state index contributed by atoms with van der Waals surface area (Å²) in [5.41, 5.74) is 1.01. The van der Waals surface area contributed by atoms with Crippen molar-refractivity contribution in [2.24, 2.45) is 0 Å². The summed E-state index contributed by atoms with van der Waals surface area (Å²) in [6.45, 7) is 2.62. The number of furan rings is 1. The van der Waals surface area contributed by atoms with Gasteiger partial charge in [-0.1, -0.05) is 18.2 Å². The monoisotopic (exact) mass is 367 g/mol. The number of benzene rings is 1. The lowest BCUT2D eigenvalue weighted by Crippen LogP contribution is -3.10. The minimum absolute atomic E-state index is 0.195. The van der Waals surface area contributed by atoms with Gasteiger partial charge in [-0.3, -0.25) is 14.5 Å². The molecule has 2 amide bonds. The zero-order chi connectivity index (χ0) is 17.9. The summed E-state index contributed by atoms with van der Waals surface area (Å²) < 4.78 is 5.48. The van der Waals surface area contributed by atoms with Crippen molar-refractivity contribution in [3.8, 4) is 0 Å². The maximum Gasteiger partial charge on any atom is 0.261 e. The summed E-state index contributed by atoms with van der Waals surface area (Å²) in [5, 5.41) is 2.06. The highest BCUT2D eigenvalue weighted by Gasteiger charge is 2.35. The molecule has 3 heterocycles. The lowest BCUT2D eigenvalue weighted by Gasteiger charge is -2.21. The van der Waals surface area contributed by atoms with E-state index in [1.165, 1.54) is 14.7 Å². The highest BCUT2D eigenvalue weighted by molar-refractivity contribution is 7.09. The lowest BCUT2D eigenvalue weighted by molar-refractivity contribution is -0.927. The minimum Gasteiger partial charge on any atom is -0.463 e. The molecule has 0 aliphatic carbocycles. The minimum atomic E-state index is -0.195. The summed E-state index contributed by atoms with van der Waals surface area (Å²) in [7, 11) is 0. The van der Waals surface area contributed by atoms with E-state index in [1.807, 2.05) is 18.2 Å².